The first-order valence-corrected chi connectivity index (χ1v) is 14.8. The van der Waals surface area contributed by atoms with Crippen LogP contribution in [0, 0.1) is 11.3 Å². The molecule has 0 unspecified atom stereocenters. The number of rotatable bonds is 6. The molecule has 0 saturated heterocycles. The maximum atomic E-state index is 10.3. The predicted molar refractivity (Wildman–Crippen MR) is 156 cm³/mol. The van der Waals surface area contributed by atoms with Crippen molar-refractivity contribution in [2.75, 3.05) is 0 Å². The van der Waals surface area contributed by atoms with Gasteiger partial charge < -0.3 is 0 Å². The number of hydrogen-bond acceptors (Lipinski definition) is 1. The van der Waals surface area contributed by atoms with Crippen molar-refractivity contribution in [1.82, 2.24) is 0 Å². The van der Waals surface area contributed by atoms with Gasteiger partial charge in [0.05, 0.1) is 0 Å². The molecule has 0 amide bonds. The molecule has 0 aromatic heterocycles. The number of benzene rings is 3. The molecule has 35 heavy (non-hydrogen) atoms. The van der Waals surface area contributed by atoms with Crippen LogP contribution in [0.15, 0.2) is 126 Å². The molecule has 1 aliphatic rings. The zero-order valence-electron chi connectivity index (χ0n) is 21.5. The zero-order chi connectivity index (χ0) is 24.9. The van der Waals surface area contributed by atoms with Crippen LogP contribution in [-0.2, 0) is 0 Å². The van der Waals surface area contributed by atoms with Crippen LogP contribution in [0.1, 0.15) is 40.5 Å². The number of aliphatic hydroxyl groups is 1. The quantitative estimate of drug-likeness (QED) is 0.299. The van der Waals surface area contributed by atoms with Crippen LogP contribution in [0.4, 0.5) is 0 Å². The van der Waals surface area contributed by atoms with Crippen molar-refractivity contribution in [2.24, 2.45) is 11.3 Å². The molecule has 2 heteroatoms. The van der Waals surface area contributed by atoms with Gasteiger partial charge in [-0.1, -0.05) is 0 Å². The van der Waals surface area contributed by atoms with Gasteiger partial charge in [0.15, 0.2) is 0 Å². The number of allylic oxidation sites excluding steroid dienone is 5. The molecule has 0 heterocycles. The van der Waals surface area contributed by atoms with Gasteiger partial charge >= 0.3 is 212 Å². The van der Waals surface area contributed by atoms with E-state index in [4.69, 9.17) is 0 Å². The first kappa shape index (κ1) is 25.4. The standard InChI is InChI=1S/C33H39OP/c1-26(20-21-32-27(2)24-28(34)25-33(32,3)4)22-23-35(29-14-8-5-9-15-29,30-16-10-6-11-17-30)31-18-12-7-13-19-31/h5-23,27-28,34-35H,24-25H2,1-4H3/b23-22+,26-20+,32-21+/t27-,28-/m1/s1. The first-order valence-electron chi connectivity index (χ1n) is 12.8. The van der Waals surface area contributed by atoms with E-state index in [0.717, 1.165) is 12.8 Å². The summed E-state index contributed by atoms with van der Waals surface area (Å²) in [4.78, 5) is 0. The molecule has 3 aromatic carbocycles. The van der Waals surface area contributed by atoms with Gasteiger partial charge in [0, 0.05) is 0 Å². The third kappa shape index (κ3) is 5.58. The van der Waals surface area contributed by atoms with E-state index in [0.29, 0.717) is 5.92 Å². The Balaban J connectivity index is 1.80. The van der Waals surface area contributed by atoms with Gasteiger partial charge in [0.2, 0.25) is 0 Å². The summed E-state index contributed by atoms with van der Waals surface area (Å²) in [5.74, 6) is 2.89. The Hall–Kier alpha value is -2.73. The fraction of sp³-hybridized carbons (Fsp3) is 0.273. The molecule has 2 atom stereocenters. The monoisotopic (exact) mass is 482 g/mol. The summed E-state index contributed by atoms with van der Waals surface area (Å²) in [7, 11) is -2.38. The Kier molecular flexibility index (Phi) is 7.90. The molecule has 0 bridgehead atoms. The summed E-state index contributed by atoms with van der Waals surface area (Å²) < 4.78 is 0. The van der Waals surface area contributed by atoms with Crippen LogP contribution in [0.25, 0.3) is 0 Å². The fourth-order valence-corrected chi connectivity index (χ4v) is 10.1. The maximum absolute atomic E-state index is 10.3. The van der Waals surface area contributed by atoms with E-state index in [2.05, 4.69) is 143 Å². The summed E-state index contributed by atoms with van der Waals surface area (Å²) in [5, 5.41) is 14.4. The molecule has 1 nitrogen and oxygen atoms in total. The summed E-state index contributed by atoms with van der Waals surface area (Å²) >= 11 is 0. The average Bonchev–Trinajstić information content (AvgIpc) is 2.85. The van der Waals surface area contributed by atoms with E-state index in [9.17, 15) is 5.11 Å². The van der Waals surface area contributed by atoms with Crippen molar-refractivity contribution in [3.63, 3.8) is 0 Å². The van der Waals surface area contributed by atoms with E-state index >= 15 is 0 Å². The van der Waals surface area contributed by atoms with Gasteiger partial charge in [0.1, 0.15) is 0 Å². The molecule has 4 rings (SSSR count). The normalized spacial score (nSPS) is 22.4. The SMILES string of the molecule is CC(/C=C/[PH](c1ccccc1)(c1ccccc1)c1ccccc1)=C\C=C1/[C@H](C)C[C@@H](O)CC1(C)C. The Bertz CT molecular complexity index is 1090. The minimum atomic E-state index is -2.38. The molecular weight excluding hydrogens is 443 g/mol. The van der Waals surface area contributed by atoms with E-state index in [1.165, 1.54) is 27.1 Å². The van der Waals surface area contributed by atoms with Gasteiger partial charge in [0.25, 0.3) is 0 Å². The molecule has 3 aromatic rings. The molecule has 1 fully saturated rings. The fourth-order valence-electron chi connectivity index (χ4n) is 5.81. The van der Waals surface area contributed by atoms with Crippen molar-refractivity contribution >= 4 is 23.2 Å². The summed E-state index contributed by atoms with van der Waals surface area (Å²) in [6, 6.07) is 33.0. The van der Waals surface area contributed by atoms with Crippen molar-refractivity contribution < 1.29 is 5.11 Å². The Morgan fingerprint density at radius 1 is 0.829 bits per heavy atom. The Labute approximate surface area is 212 Å². The minimum absolute atomic E-state index is 0.0220. The molecule has 0 spiro atoms. The van der Waals surface area contributed by atoms with Crippen LogP contribution in [0.2, 0.25) is 0 Å². The van der Waals surface area contributed by atoms with Gasteiger partial charge in [-0.15, -0.1) is 0 Å². The molecule has 0 aliphatic heterocycles. The Morgan fingerprint density at radius 2 is 1.29 bits per heavy atom. The molecule has 1 aliphatic carbocycles. The van der Waals surface area contributed by atoms with Crippen LogP contribution >= 0.6 is 7.26 Å². The third-order valence-electron chi connectivity index (χ3n) is 7.49. The number of hydrogen-bond donors (Lipinski definition) is 1. The van der Waals surface area contributed by atoms with Crippen molar-refractivity contribution in [2.45, 2.75) is 46.6 Å². The van der Waals surface area contributed by atoms with E-state index in [1.807, 2.05) is 0 Å². The van der Waals surface area contributed by atoms with E-state index in [1.54, 1.807) is 0 Å². The molecule has 0 radical (unpaired) electrons. The van der Waals surface area contributed by atoms with Crippen LogP contribution in [0.5, 0.6) is 0 Å². The molecule has 1 N–H and O–H groups in total. The first-order chi connectivity index (χ1) is 16.8. The van der Waals surface area contributed by atoms with Gasteiger partial charge in [-0.05, 0) is 0 Å². The summed E-state index contributed by atoms with van der Waals surface area (Å²) in [6.45, 7) is 8.96. The van der Waals surface area contributed by atoms with Crippen molar-refractivity contribution in [1.29, 1.82) is 0 Å². The number of aliphatic hydroxyl groups excluding tert-OH is 1. The zero-order valence-corrected chi connectivity index (χ0v) is 22.5. The molecular formula is C33H39OP. The van der Waals surface area contributed by atoms with Crippen molar-refractivity contribution in [3.05, 3.63) is 126 Å². The molecule has 1 saturated carbocycles. The molecule has 182 valence electrons. The second-order valence-electron chi connectivity index (χ2n) is 10.7. The topological polar surface area (TPSA) is 20.2 Å². The second kappa shape index (κ2) is 10.9. The average molecular weight is 483 g/mol. The van der Waals surface area contributed by atoms with E-state index in [-0.39, 0.29) is 11.5 Å². The second-order valence-corrected chi connectivity index (χ2v) is 14.3. The summed E-state index contributed by atoms with van der Waals surface area (Å²) in [5.41, 5.74) is 2.70. The predicted octanol–water partition coefficient (Wildman–Crippen LogP) is 6.92. The van der Waals surface area contributed by atoms with Gasteiger partial charge in [-0.25, -0.2) is 0 Å². The van der Waals surface area contributed by atoms with E-state index < -0.39 is 7.26 Å². The Morgan fingerprint density at radius 3 is 1.71 bits per heavy atom. The van der Waals surface area contributed by atoms with Crippen LogP contribution in [0.3, 0.4) is 0 Å². The van der Waals surface area contributed by atoms with Crippen LogP contribution in [-0.4, -0.2) is 11.2 Å². The van der Waals surface area contributed by atoms with Crippen LogP contribution < -0.4 is 15.9 Å². The van der Waals surface area contributed by atoms with Gasteiger partial charge in [-0.2, -0.15) is 0 Å². The van der Waals surface area contributed by atoms with Gasteiger partial charge in [-0.3, -0.25) is 0 Å². The third-order valence-corrected chi connectivity index (χ3v) is 11.9. The summed E-state index contributed by atoms with van der Waals surface area (Å²) in [6.07, 6.45) is 8.39. The van der Waals surface area contributed by atoms with Crippen molar-refractivity contribution in [3.8, 4) is 0 Å².